The predicted molar refractivity (Wildman–Crippen MR) is 103 cm³/mol. The summed E-state index contributed by atoms with van der Waals surface area (Å²) < 4.78 is 35.8. The summed E-state index contributed by atoms with van der Waals surface area (Å²) in [7, 11) is -0.525. The molecule has 146 valence electrons. The van der Waals surface area contributed by atoms with E-state index in [0.717, 1.165) is 38.8 Å². The fourth-order valence-corrected chi connectivity index (χ4v) is 4.23. The lowest BCUT2D eigenvalue weighted by atomic mass is 9.66. The summed E-state index contributed by atoms with van der Waals surface area (Å²) in [6.07, 6.45) is 3.53. The Morgan fingerprint density at radius 1 is 0.923 bits per heavy atom. The Balaban J connectivity index is 1.69. The van der Waals surface area contributed by atoms with E-state index in [1.165, 1.54) is 0 Å². The van der Waals surface area contributed by atoms with Crippen molar-refractivity contribution in [3.8, 4) is 0 Å². The first-order chi connectivity index (χ1) is 12.1. The Hall–Kier alpha value is -0.0452. The smallest absolute Gasteiger partial charge is 0.411 e. The molecule has 6 nitrogen and oxygen atoms in total. The number of hydrogen-bond acceptors (Lipinski definition) is 6. The quantitative estimate of drug-likeness (QED) is 0.698. The first-order valence-corrected chi connectivity index (χ1v) is 9.99. The molecule has 0 N–H and O–H groups in total. The highest BCUT2D eigenvalue weighted by Gasteiger charge is 2.56. The molecular formula is C17H33B3O6. The fraction of sp³-hybridized carbons (Fsp3) is 1.00. The zero-order valence-corrected chi connectivity index (χ0v) is 17.2. The standard InChI is InChI=1S/C17H33B3O6/c1-15(2)17(4,26-19(6)25-15)12-14-16(3,13-23-18(5)24-14)8-9-20-21-10-7-11-22-20/h14H,7-13H2,1-6H3. The first kappa shape index (κ1) is 20.7. The largest absolute Gasteiger partial charge is 0.456 e. The minimum Gasteiger partial charge on any atom is -0.411 e. The van der Waals surface area contributed by atoms with E-state index in [4.69, 9.17) is 27.9 Å². The van der Waals surface area contributed by atoms with Crippen molar-refractivity contribution < 1.29 is 27.9 Å². The Kier molecular flexibility index (Phi) is 6.17. The van der Waals surface area contributed by atoms with Crippen LogP contribution in [0.15, 0.2) is 0 Å². The Labute approximate surface area is 159 Å². The Bertz CT molecular complexity index is 489. The van der Waals surface area contributed by atoms with Crippen LogP contribution in [-0.2, 0) is 27.9 Å². The highest BCUT2D eigenvalue weighted by Crippen LogP contribution is 2.46. The molecule has 3 aliphatic heterocycles. The average molecular weight is 366 g/mol. The van der Waals surface area contributed by atoms with Gasteiger partial charge in [0.15, 0.2) is 0 Å². The molecule has 3 fully saturated rings. The van der Waals surface area contributed by atoms with Crippen LogP contribution in [0.5, 0.6) is 0 Å². The lowest BCUT2D eigenvalue weighted by Crippen LogP contribution is -2.55. The van der Waals surface area contributed by atoms with Gasteiger partial charge < -0.3 is 27.9 Å². The SMILES string of the molecule is CB1OCC(C)(CCB2OCCCO2)C(CC2(C)OB(C)OC2(C)C)O1. The minimum atomic E-state index is -0.409. The second-order valence-corrected chi connectivity index (χ2v) is 8.97. The van der Waals surface area contributed by atoms with Crippen molar-refractivity contribution in [2.45, 2.75) is 84.2 Å². The topological polar surface area (TPSA) is 55.4 Å². The van der Waals surface area contributed by atoms with Crippen molar-refractivity contribution in [3.63, 3.8) is 0 Å². The summed E-state index contributed by atoms with van der Waals surface area (Å²) in [4.78, 5) is 0. The van der Waals surface area contributed by atoms with Crippen molar-refractivity contribution in [1.82, 2.24) is 0 Å². The zero-order chi connectivity index (χ0) is 19.0. The molecule has 3 aliphatic rings. The molecule has 0 saturated carbocycles. The van der Waals surface area contributed by atoms with Gasteiger partial charge in [0.1, 0.15) is 0 Å². The van der Waals surface area contributed by atoms with Crippen LogP contribution in [0.1, 0.15) is 47.0 Å². The van der Waals surface area contributed by atoms with Crippen LogP contribution < -0.4 is 0 Å². The third-order valence-electron chi connectivity index (χ3n) is 6.36. The van der Waals surface area contributed by atoms with Gasteiger partial charge >= 0.3 is 21.4 Å². The lowest BCUT2D eigenvalue weighted by molar-refractivity contribution is -0.104. The molecule has 0 aromatic carbocycles. The van der Waals surface area contributed by atoms with Crippen LogP contribution in [-0.4, -0.2) is 58.5 Å². The molecule has 3 unspecified atom stereocenters. The summed E-state index contributed by atoms with van der Waals surface area (Å²) in [6, 6.07) is 0. The van der Waals surface area contributed by atoms with Crippen LogP contribution in [0.3, 0.4) is 0 Å². The molecule has 9 heteroatoms. The summed E-state index contributed by atoms with van der Waals surface area (Å²) in [5.74, 6) is 0. The maximum absolute atomic E-state index is 6.26. The van der Waals surface area contributed by atoms with E-state index in [1.54, 1.807) is 0 Å². The summed E-state index contributed by atoms with van der Waals surface area (Å²) >= 11 is 0. The first-order valence-electron chi connectivity index (χ1n) is 9.99. The highest BCUT2D eigenvalue weighted by molar-refractivity contribution is 6.44. The maximum Gasteiger partial charge on any atom is 0.456 e. The molecule has 3 rings (SSSR count). The molecule has 0 aromatic heterocycles. The van der Waals surface area contributed by atoms with Crippen LogP contribution >= 0.6 is 0 Å². The van der Waals surface area contributed by atoms with E-state index in [1.807, 2.05) is 13.6 Å². The van der Waals surface area contributed by atoms with E-state index < -0.39 is 5.60 Å². The molecule has 3 saturated heterocycles. The predicted octanol–water partition coefficient (Wildman–Crippen LogP) is 2.93. The van der Waals surface area contributed by atoms with Gasteiger partial charge in [0.2, 0.25) is 0 Å². The zero-order valence-electron chi connectivity index (χ0n) is 17.2. The van der Waals surface area contributed by atoms with E-state index in [0.29, 0.717) is 6.61 Å². The Morgan fingerprint density at radius 3 is 2.23 bits per heavy atom. The number of rotatable bonds is 5. The van der Waals surface area contributed by atoms with Crippen molar-refractivity contribution in [2.24, 2.45) is 5.41 Å². The minimum absolute atomic E-state index is 0.0213. The van der Waals surface area contributed by atoms with E-state index >= 15 is 0 Å². The van der Waals surface area contributed by atoms with Gasteiger partial charge in [0, 0.05) is 31.7 Å². The molecule has 26 heavy (non-hydrogen) atoms. The van der Waals surface area contributed by atoms with Crippen LogP contribution in [0.2, 0.25) is 20.0 Å². The van der Waals surface area contributed by atoms with Gasteiger partial charge in [-0.15, -0.1) is 0 Å². The molecular weight excluding hydrogens is 333 g/mol. The molecule has 0 aromatic rings. The average Bonchev–Trinajstić information content (AvgIpc) is 2.77. The van der Waals surface area contributed by atoms with Gasteiger partial charge in [-0.05, 0) is 53.6 Å². The summed E-state index contributed by atoms with van der Waals surface area (Å²) in [6.45, 7) is 14.7. The molecule has 3 heterocycles. The van der Waals surface area contributed by atoms with Crippen molar-refractivity contribution in [1.29, 1.82) is 0 Å². The normalized spacial score (nSPS) is 38.1. The van der Waals surface area contributed by atoms with Gasteiger partial charge in [-0.2, -0.15) is 0 Å². The second kappa shape index (κ2) is 7.76. The molecule has 0 spiro atoms. The van der Waals surface area contributed by atoms with Gasteiger partial charge in [0.25, 0.3) is 0 Å². The van der Waals surface area contributed by atoms with E-state index in [2.05, 4.69) is 27.7 Å². The van der Waals surface area contributed by atoms with E-state index in [9.17, 15) is 0 Å². The monoisotopic (exact) mass is 366 g/mol. The molecule has 3 atom stereocenters. The third kappa shape index (κ3) is 4.34. The van der Waals surface area contributed by atoms with Crippen molar-refractivity contribution >= 4 is 21.4 Å². The van der Waals surface area contributed by atoms with Gasteiger partial charge in [-0.1, -0.05) is 6.92 Å². The van der Waals surface area contributed by atoms with Crippen molar-refractivity contribution in [2.75, 3.05) is 19.8 Å². The highest BCUT2D eigenvalue weighted by atomic mass is 16.7. The van der Waals surface area contributed by atoms with Gasteiger partial charge in [-0.3, -0.25) is 0 Å². The van der Waals surface area contributed by atoms with Crippen LogP contribution in [0.25, 0.3) is 0 Å². The van der Waals surface area contributed by atoms with Crippen molar-refractivity contribution in [3.05, 3.63) is 0 Å². The third-order valence-corrected chi connectivity index (χ3v) is 6.36. The molecule has 0 aliphatic carbocycles. The summed E-state index contributed by atoms with van der Waals surface area (Å²) in [5, 5.41) is 0. The summed E-state index contributed by atoms with van der Waals surface area (Å²) in [5.41, 5.74) is -0.897. The van der Waals surface area contributed by atoms with Crippen LogP contribution in [0.4, 0.5) is 0 Å². The van der Waals surface area contributed by atoms with Gasteiger partial charge in [0.05, 0.1) is 17.3 Å². The molecule has 0 amide bonds. The van der Waals surface area contributed by atoms with Gasteiger partial charge in [-0.25, -0.2) is 0 Å². The number of hydrogen-bond donors (Lipinski definition) is 0. The van der Waals surface area contributed by atoms with Crippen LogP contribution in [0, 0.1) is 5.41 Å². The Morgan fingerprint density at radius 2 is 1.62 bits per heavy atom. The molecule has 0 radical (unpaired) electrons. The lowest BCUT2D eigenvalue weighted by Gasteiger charge is -2.48. The molecule has 0 bridgehead atoms. The fourth-order valence-electron chi connectivity index (χ4n) is 4.23. The second-order valence-electron chi connectivity index (χ2n) is 8.97. The maximum atomic E-state index is 6.26. The van der Waals surface area contributed by atoms with E-state index in [-0.39, 0.29) is 38.5 Å².